The van der Waals surface area contributed by atoms with Gasteiger partial charge in [-0.2, -0.15) is 0 Å². The molecule has 2 aliphatic rings. The van der Waals surface area contributed by atoms with Crippen molar-refractivity contribution in [3.05, 3.63) is 29.8 Å². The first-order chi connectivity index (χ1) is 12.5. The number of rotatable bonds is 6. The van der Waals surface area contributed by atoms with Crippen LogP contribution in [0.5, 0.6) is 5.75 Å². The summed E-state index contributed by atoms with van der Waals surface area (Å²) >= 11 is 0. The second-order valence-electron chi connectivity index (χ2n) is 7.73. The number of methoxy groups -OCH3 is 1. The Morgan fingerprint density at radius 1 is 1.27 bits per heavy atom. The second kappa shape index (κ2) is 7.66. The summed E-state index contributed by atoms with van der Waals surface area (Å²) < 4.78 is 5.19. The van der Waals surface area contributed by atoms with Crippen LogP contribution in [0.4, 0.5) is 4.79 Å². The van der Waals surface area contributed by atoms with Gasteiger partial charge in [0, 0.05) is 13.1 Å². The van der Waals surface area contributed by atoms with Crippen molar-refractivity contribution in [3.63, 3.8) is 0 Å². The van der Waals surface area contributed by atoms with Crippen molar-refractivity contribution in [2.45, 2.75) is 38.6 Å². The lowest BCUT2D eigenvalue weighted by Crippen LogP contribution is -2.64. The molecular formula is C20H29N3O3. The van der Waals surface area contributed by atoms with E-state index in [1.165, 1.54) is 0 Å². The summed E-state index contributed by atoms with van der Waals surface area (Å²) in [5.74, 6) is 1.34. The third kappa shape index (κ3) is 3.43. The molecule has 2 fully saturated rings. The van der Waals surface area contributed by atoms with Gasteiger partial charge in [-0.15, -0.1) is 0 Å². The van der Waals surface area contributed by atoms with Crippen LogP contribution in [0, 0.1) is 11.8 Å². The lowest BCUT2D eigenvalue weighted by Gasteiger charge is -2.45. The molecular weight excluding hydrogens is 330 g/mol. The third-order valence-electron chi connectivity index (χ3n) is 5.62. The van der Waals surface area contributed by atoms with E-state index in [0.717, 1.165) is 30.7 Å². The molecule has 6 heteroatoms. The van der Waals surface area contributed by atoms with Crippen molar-refractivity contribution in [1.29, 1.82) is 0 Å². The molecule has 0 aromatic heterocycles. The Balaban J connectivity index is 1.80. The number of benzene rings is 1. The van der Waals surface area contributed by atoms with Gasteiger partial charge in [0.15, 0.2) is 0 Å². The highest BCUT2D eigenvalue weighted by Crippen LogP contribution is 2.38. The number of nitrogens with one attached hydrogen (secondary N) is 2. The minimum absolute atomic E-state index is 0.143. The molecule has 1 spiro atoms. The van der Waals surface area contributed by atoms with Crippen LogP contribution in [0.2, 0.25) is 0 Å². The van der Waals surface area contributed by atoms with E-state index < -0.39 is 5.54 Å². The Hall–Kier alpha value is -2.08. The van der Waals surface area contributed by atoms with Crippen molar-refractivity contribution in [1.82, 2.24) is 15.5 Å². The molecule has 2 atom stereocenters. The average Bonchev–Trinajstić information content (AvgIpc) is 2.85. The van der Waals surface area contributed by atoms with Crippen molar-refractivity contribution in [3.8, 4) is 5.75 Å². The summed E-state index contributed by atoms with van der Waals surface area (Å²) in [5.41, 5.74) is 0.365. The minimum atomic E-state index is -0.758. The standard InChI is InChI=1S/C20H29N3O3/c1-14(2)12-16-8-10-21-13-20(16)18(24)22-19(25)23(20)11-9-15-4-6-17(26-3)7-5-15/h4-7,14,16,21H,8-13H2,1-3H3,(H,22,24,25). The smallest absolute Gasteiger partial charge is 0.325 e. The van der Waals surface area contributed by atoms with Gasteiger partial charge < -0.3 is 15.0 Å². The molecule has 2 N–H and O–H groups in total. The zero-order valence-corrected chi connectivity index (χ0v) is 15.9. The van der Waals surface area contributed by atoms with Crippen LogP contribution in [0.15, 0.2) is 24.3 Å². The molecule has 2 saturated heterocycles. The highest BCUT2D eigenvalue weighted by Gasteiger charge is 2.57. The fourth-order valence-corrected chi connectivity index (χ4v) is 4.31. The first-order valence-electron chi connectivity index (χ1n) is 9.44. The largest absolute Gasteiger partial charge is 0.497 e. The van der Waals surface area contributed by atoms with Crippen LogP contribution in [-0.2, 0) is 11.2 Å². The topological polar surface area (TPSA) is 70.7 Å². The van der Waals surface area contributed by atoms with E-state index in [4.69, 9.17) is 4.74 Å². The summed E-state index contributed by atoms with van der Waals surface area (Å²) in [4.78, 5) is 27.2. The number of urea groups is 1. The fraction of sp³-hybridized carbons (Fsp3) is 0.600. The molecule has 0 bridgehead atoms. The molecule has 142 valence electrons. The predicted molar refractivity (Wildman–Crippen MR) is 100 cm³/mol. The van der Waals surface area contributed by atoms with E-state index in [2.05, 4.69) is 24.5 Å². The Labute approximate surface area is 155 Å². The number of carbonyl (C=O) groups is 2. The number of hydrogen-bond acceptors (Lipinski definition) is 4. The molecule has 1 aromatic rings. The van der Waals surface area contributed by atoms with Crippen LogP contribution in [0.25, 0.3) is 0 Å². The zero-order chi connectivity index (χ0) is 18.7. The van der Waals surface area contributed by atoms with E-state index in [1.54, 1.807) is 12.0 Å². The van der Waals surface area contributed by atoms with E-state index in [-0.39, 0.29) is 17.9 Å². The Morgan fingerprint density at radius 3 is 2.65 bits per heavy atom. The molecule has 3 amide bonds. The third-order valence-corrected chi connectivity index (χ3v) is 5.62. The molecule has 0 aliphatic carbocycles. The van der Waals surface area contributed by atoms with Crippen LogP contribution in [0.1, 0.15) is 32.3 Å². The molecule has 1 aromatic carbocycles. The lowest BCUT2D eigenvalue weighted by atomic mass is 9.73. The maximum atomic E-state index is 12.8. The van der Waals surface area contributed by atoms with Crippen LogP contribution >= 0.6 is 0 Å². The molecule has 0 saturated carbocycles. The molecule has 26 heavy (non-hydrogen) atoms. The van der Waals surface area contributed by atoms with Crippen molar-refractivity contribution >= 4 is 11.9 Å². The van der Waals surface area contributed by atoms with Crippen LogP contribution < -0.4 is 15.4 Å². The van der Waals surface area contributed by atoms with Gasteiger partial charge in [-0.1, -0.05) is 26.0 Å². The van der Waals surface area contributed by atoms with E-state index in [0.29, 0.717) is 25.4 Å². The average molecular weight is 359 g/mol. The van der Waals surface area contributed by atoms with Gasteiger partial charge >= 0.3 is 6.03 Å². The molecule has 0 radical (unpaired) electrons. The number of amides is 3. The van der Waals surface area contributed by atoms with Gasteiger partial charge in [0.1, 0.15) is 11.3 Å². The summed E-state index contributed by atoms with van der Waals surface area (Å²) in [6.07, 6.45) is 2.57. The van der Waals surface area contributed by atoms with Crippen LogP contribution in [-0.4, -0.2) is 49.1 Å². The summed E-state index contributed by atoms with van der Waals surface area (Å²) in [5, 5.41) is 5.92. The summed E-state index contributed by atoms with van der Waals surface area (Å²) in [6.45, 7) is 6.30. The summed E-state index contributed by atoms with van der Waals surface area (Å²) in [6, 6.07) is 7.59. The van der Waals surface area contributed by atoms with Crippen LogP contribution in [0.3, 0.4) is 0 Å². The fourth-order valence-electron chi connectivity index (χ4n) is 4.31. The summed E-state index contributed by atoms with van der Waals surface area (Å²) in [7, 11) is 1.64. The molecule has 6 nitrogen and oxygen atoms in total. The van der Waals surface area contributed by atoms with Gasteiger partial charge in [-0.3, -0.25) is 10.1 Å². The number of ether oxygens (including phenoxy) is 1. The minimum Gasteiger partial charge on any atom is -0.497 e. The highest BCUT2D eigenvalue weighted by atomic mass is 16.5. The second-order valence-corrected chi connectivity index (χ2v) is 7.73. The Kier molecular flexibility index (Phi) is 5.51. The maximum absolute atomic E-state index is 12.8. The highest BCUT2D eigenvalue weighted by molar-refractivity contribution is 6.07. The number of imide groups is 1. The lowest BCUT2D eigenvalue weighted by molar-refractivity contribution is -0.131. The van der Waals surface area contributed by atoms with Gasteiger partial charge in [-0.25, -0.2) is 4.79 Å². The maximum Gasteiger partial charge on any atom is 0.325 e. The molecule has 3 rings (SSSR count). The number of hydrogen-bond donors (Lipinski definition) is 2. The van der Waals surface area contributed by atoms with Gasteiger partial charge in [0.2, 0.25) is 0 Å². The molecule has 2 heterocycles. The normalized spacial score (nSPS) is 25.8. The molecule has 2 aliphatic heterocycles. The zero-order valence-electron chi connectivity index (χ0n) is 15.9. The van der Waals surface area contributed by atoms with Crippen molar-refractivity contribution in [2.24, 2.45) is 11.8 Å². The van der Waals surface area contributed by atoms with Crippen molar-refractivity contribution < 1.29 is 14.3 Å². The SMILES string of the molecule is COc1ccc(CCN2C(=O)NC(=O)C23CNCCC3CC(C)C)cc1. The van der Waals surface area contributed by atoms with E-state index in [9.17, 15) is 9.59 Å². The van der Waals surface area contributed by atoms with Gasteiger partial charge in [0.25, 0.3) is 5.91 Å². The van der Waals surface area contributed by atoms with E-state index in [1.807, 2.05) is 24.3 Å². The Bertz CT molecular complexity index is 659. The van der Waals surface area contributed by atoms with Gasteiger partial charge in [0.05, 0.1) is 7.11 Å². The molecule has 2 unspecified atom stereocenters. The number of carbonyl (C=O) groups excluding carboxylic acids is 2. The predicted octanol–water partition coefficient (Wildman–Crippen LogP) is 2.18. The quantitative estimate of drug-likeness (QED) is 0.764. The van der Waals surface area contributed by atoms with E-state index >= 15 is 0 Å². The number of piperidine rings is 1. The first kappa shape index (κ1) is 18.7. The monoisotopic (exact) mass is 359 g/mol. The van der Waals surface area contributed by atoms with Gasteiger partial charge in [-0.05, 0) is 55.3 Å². The Morgan fingerprint density at radius 2 is 2.00 bits per heavy atom. The first-order valence-corrected chi connectivity index (χ1v) is 9.44. The number of nitrogens with zero attached hydrogens (tertiary/aromatic N) is 1. The van der Waals surface area contributed by atoms with Crippen molar-refractivity contribution in [2.75, 3.05) is 26.7 Å².